The Morgan fingerprint density at radius 2 is 2.00 bits per heavy atom. The molecule has 3 heteroatoms. The van der Waals surface area contributed by atoms with E-state index in [-0.39, 0.29) is 38.5 Å². The first-order valence-corrected chi connectivity index (χ1v) is 14.3. The molecule has 0 aromatic heterocycles. The molecule has 0 radical (unpaired) electrons. The van der Waals surface area contributed by atoms with Gasteiger partial charge in [-0.1, -0.05) is 0 Å². The molecule has 0 aliphatic heterocycles. The monoisotopic (exact) mass is 487 g/mol. The predicted octanol–water partition coefficient (Wildman–Crippen LogP) is 3.18. The molecule has 3 unspecified atom stereocenters. The average Bonchev–Trinajstić information content (AvgIpc) is 2.53. The Morgan fingerprint density at radius 3 is 2.59 bits per heavy atom. The number of unbranched alkanes of at least 4 members (excludes halogenated alkanes) is 2. The van der Waals surface area contributed by atoms with Crippen LogP contribution in [0.1, 0.15) is 79.6 Å². The van der Waals surface area contributed by atoms with E-state index in [0.29, 0.717) is 5.76 Å². The van der Waals surface area contributed by atoms with E-state index >= 15 is 0 Å². The van der Waals surface area contributed by atoms with Gasteiger partial charge in [-0.25, -0.2) is 0 Å². The van der Waals surface area contributed by atoms with Crippen molar-refractivity contribution in [3.8, 4) is 0 Å². The fourth-order valence-electron chi connectivity index (χ4n) is 5.12. The first-order valence-electron chi connectivity index (χ1n) is 10.6. The zero-order valence-electron chi connectivity index (χ0n) is 18.2. The van der Waals surface area contributed by atoms with Gasteiger partial charge in [-0.05, 0) is 0 Å². The van der Waals surface area contributed by atoms with Gasteiger partial charge in [-0.3, -0.25) is 0 Å². The van der Waals surface area contributed by atoms with Crippen LogP contribution < -0.4 is 21.2 Å². The van der Waals surface area contributed by atoms with Gasteiger partial charge in [-0.2, -0.15) is 0 Å². The third kappa shape index (κ3) is 5.62. The molecule has 0 heterocycles. The van der Waals surface area contributed by atoms with Gasteiger partial charge < -0.3 is 0 Å². The summed E-state index contributed by atoms with van der Waals surface area (Å²) >= 11 is 0.117. The second-order valence-corrected chi connectivity index (χ2v) is 11.8. The van der Waals surface area contributed by atoms with E-state index in [0.717, 1.165) is 25.7 Å². The Kier molecular flexibility index (Phi) is 8.07. The van der Waals surface area contributed by atoms with Crippen LogP contribution in [0.4, 0.5) is 0 Å². The van der Waals surface area contributed by atoms with Crippen molar-refractivity contribution in [3.05, 3.63) is 34.6 Å². The summed E-state index contributed by atoms with van der Waals surface area (Å²) in [5.74, 6) is 0.813. The fraction of sp³-hybridized carbons (Fsp3) is 0.750. The standard InChI is InChI=1S/C24H40IO2/c1-7-8-9-10-18-14-21(26)22(24(5,15-18)16-25-6)19-13-17(2)11-12-20(19)23(3,4)27/h13-14,19-20,26-27H,7-12,15-16H2,1-6H3/q-1. The van der Waals surface area contributed by atoms with E-state index < -0.39 is 5.60 Å². The summed E-state index contributed by atoms with van der Waals surface area (Å²) < 4.78 is 1.19. The van der Waals surface area contributed by atoms with Gasteiger partial charge >= 0.3 is 178 Å². The van der Waals surface area contributed by atoms with Crippen LogP contribution in [0.25, 0.3) is 0 Å². The zero-order valence-corrected chi connectivity index (χ0v) is 20.4. The molecule has 156 valence electrons. The maximum atomic E-state index is 11.2. The van der Waals surface area contributed by atoms with E-state index in [1.807, 2.05) is 13.8 Å². The number of halogens is 1. The van der Waals surface area contributed by atoms with E-state index in [9.17, 15) is 10.2 Å². The van der Waals surface area contributed by atoms with Crippen LogP contribution in [-0.2, 0) is 0 Å². The summed E-state index contributed by atoms with van der Waals surface area (Å²) in [6, 6.07) is 0. The van der Waals surface area contributed by atoms with Crippen LogP contribution in [0.5, 0.6) is 0 Å². The van der Waals surface area contributed by atoms with Gasteiger partial charge in [0, 0.05) is 0 Å². The van der Waals surface area contributed by atoms with Crippen molar-refractivity contribution in [1.82, 2.24) is 0 Å². The molecule has 3 atom stereocenters. The molecule has 0 saturated heterocycles. The van der Waals surface area contributed by atoms with Crippen LogP contribution in [0.2, 0.25) is 0 Å². The molecule has 0 amide bonds. The summed E-state index contributed by atoms with van der Waals surface area (Å²) in [6.45, 7) is 10.7. The van der Waals surface area contributed by atoms with Crippen molar-refractivity contribution in [1.29, 1.82) is 0 Å². The second kappa shape index (κ2) is 9.47. The molecular formula is C24H40IO2-. The predicted molar refractivity (Wildman–Crippen MR) is 112 cm³/mol. The van der Waals surface area contributed by atoms with Gasteiger partial charge in [0.1, 0.15) is 0 Å². The Hall–Kier alpha value is -0.290. The van der Waals surface area contributed by atoms with Crippen molar-refractivity contribution >= 4 is 0 Å². The molecule has 0 bridgehead atoms. The van der Waals surface area contributed by atoms with Crippen molar-refractivity contribution in [2.24, 2.45) is 17.3 Å². The molecule has 2 aliphatic carbocycles. The summed E-state index contributed by atoms with van der Waals surface area (Å²) in [4.78, 5) is 2.35. The number of aliphatic hydroxyl groups excluding tert-OH is 1. The fourth-order valence-corrected chi connectivity index (χ4v) is 7.49. The number of rotatable bonds is 8. The molecule has 2 rings (SSSR count). The summed E-state index contributed by atoms with van der Waals surface area (Å²) in [6.07, 6.45) is 12.4. The Labute approximate surface area is 177 Å². The topological polar surface area (TPSA) is 40.5 Å². The number of allylic oxidation sites excluding steroid dienone is 5. The molecular weight excluding hydrogens is 447 g/mol. The van der Waals surface area contributed by atoms with Crippen molar-refractivity contribution in [3.63, 3.8) is 0 Å². The van der Waals surface area contributed by atoms with Crippen LogP contribution in [-0.4, -0.2) is 25.2 Å². The molecule has 0 spiro atoms. The number of hydrogen-bond donors (Lipinski definition) is 2. The third-order valence-corrected chi connectivity index (χ3v) is 8.85. The maximum absolute atomic E-state index is 11.2. The van der Waals surface area contributed by atoms with Gasteiger partial charge in [0.05, 0.1) is 0 Å². The van der Waals surface area contributed by atoms with E-state index in [4.69, 9.17) is 0 Å². The molecule has 2 N–H and O–H groups in total. The molecule has 0 saturated carbocycles. The van der Waals surface area contributed by atoms with E-state index in [1.165, 1.54) is 40.4 Å². The number of alkyl halides is 2. The zero-order chi connectivity index (χ0) is 20.2. The van der Waals surface area contributed by atoms with Crippen molar-refractivity contribution in [2.75, 3.05) is 9.36 Å². The summed E-state index contributed by atoms with van der Waals surface area (Å²) in [7, 11) is 0. The number of aliphatic hydroxyl groups is 2. The molecule has 0 fully saturated rings. The van der Waals surface area contributed by atoms with Crippen molar-refractivity contribution < 1.29 is 31.4 Å². The molecule has 0 aromatic carbocycles. The van der Waals surface area contributed by atoms with Gasteiger partial charge in [0.25, 0.3) is 0 Å². The first kappa shape index (κ1) is 23.0. The second-order valence-electron chi connectivity index (χ2n) is 9.53. The SMILES string of the molecule is CCCCCC1=CC(O)=C(C2C=C(C)CCC2C(C)(C)O)C(C)(C[I-]C)C1. The number of hydrogen-bond acceptors (Lipinski definition) is 2. The van der Waals surface area contributed by atoms with Crippen molar-refractivity contribution in [2.45, 2.75) is 85.2 Å². The van der Waals surface area contributed by atoms with Crippen LogP contribution in [0.15, 0.2) is 34.6 Å². The Bertz CT molecular complexity index is 608. The van der Waals surface area contributed by atoms with Crippen LogP contribution in [0, 0.1) is 17.3 Å². The van der Waals surface area contributed by atoms with E-state index in [2.05, 4.69) is 37.9 Å². The molecule has 27 heavy (non-hydrogen) atoms. The van der Waals surface area contributed by atoms with Gasteiger partial charge in [0.2, 0.25) is 0 Å². The first-order chi connectivity index (χ1) is 12.6. The minimum absolute atomic E-state index is 0.0324. The normalized spacial score (nSPS) is 29.7. The average molecular weight is 487 g/mol. The summed E-state index contributed by atoms with van der Waals surface area (Å²) in [5.41, 5.74) is 3.31. The van der Waals surface area contributed by atoms with Crippen LogP contribution in [0.3, 0.4) is 0 Å². The van der Waals surface area contributed by atoms with Gasteiger partial charge in [-0.15, -0.1) is 0 Å². The van der Waals surface area contributed by atoms with Gasteiger partial charge in [0.15, 0.2) is 0 Å². The third-order valence-electron chi connectivity index (χ3n) is 6.40. The van der Waals surface area contributed by atoms with E-state index in [1.54, 1.807) is 0 Å². The Balaban J connectivity index is 2.47. The quantitative estimate of drug-likeness (QED) is 0.239. The summed E-state index contributed by atoms with van der Waals surface area (Å²) in [5, 5.41) is 22.1. The molecule has 2 nitrogen and oxygen atoms in total. The van der Waals surface area contributed by atoms with Crippen LogP contribution >= 0.6 is 0 Å². The molecule has 2 aliphatic rings. The minimum atomic E-state index is -0.734. The molecule has 0 aromatic rings. The Morgan fingerprint density at radius 1 is 1.30 bits per heavy atom.